The van der Waals surface area contributed by atoms with E-state index in [0.717, 1.165) is 10.7 Å². The average molecular weight is 390 g/mol. The Morgan fingerprint density at radius 2 is 1.96 bits per heavy atom. The molecule has 0 fully saturated rings. The van der Waals surface area contributed by atoms with E-state index in [1.165, 1.54) is 19.2 Å². The molecule has 0 atom stereocenters. The summed E-state index contributed by atoms with van der Waals surface area (Å²) in [5.74, 6) is -0.830. The topological polar surface area (TPSA) is 143 Å². The monoisotopic (exact) mass is 390 g/mol. The molecule has 0 saturated heterocycles. The van der Waals surface area contributed by atoms with Gasteiger partial charge in [0.15, 0.2) is 6.73 Å². The molecule has 3 rings (SSSR count). The summed E-state index contributed by atoms with van der Waals surface area (Å²) in [5, 5.41) is 13.0. The highest BCUT2D eigenvalue weighted by Gasteiger charge is 2.19. The molecule has 27 heavy (non-hydrogen) atoms. The van der Waals surface area contributed by atoms with Crippen LogP contribution in [-0.2, 0) is 21.5 Å². The molecule has 2 N–H and O–H groups in total. The normalized spacial score (nSPS) is 11.3. The van der Waals surface area contributed by atoms with Gasteiger partial charge < -0.3 is 9.47 Å². The lowest BCUT2D eigenvalue weighted by Gasteiger charge is -2.10. The number of primary sulfonamides is 1. The van der Waals surface area contributed by atoms with Crippen molar-refractivity contribution in [3.05, 3.63) is 58.4 Å². The van der Waals surface area contributed by atoms with Gasteiger partial charge in [0, 0.05) is 0 Å². The number of carbonyl (C=O) groups is 1. The lowest BCUT2D eigenvalue weighted by Crippen LogP contribution is -2.26. The highest BCUT2D eigenvalue weighted by atomic mass is 32.2. The molecule has 0 aliphatic rings. The van der Waals surface area contributed by atoms with Crippen LogP contribution < -0.4 is 15.4 Å². The molecule has 2 aromatic carbocycles. The number of hydrogen-bond donors (Lipinski definition) is 1. The maximum atomic E-state index is 12.4. The molecule has 3 aromatic rings. The van der Waals surface area contributed by atoms with Gasteiger partial charge in [0.05, 0.1) is 17.4 Å². The van der Waals surface area contributed by atoms with Gasteiger partial charge in [-0.05, 0) is 30.3 Å². The number of carbonyl (C=O) groups excluding carboxylic acids is 1. The maximum absolute atomic E-state index is 12.4. The minimum absolute atomic E-state index is 0.0874. The summed E-state index contributed by atoms with van der Waals surface area (Å²) >= 11 is 0. The molecule has 140 valence electrons. The van der Waals surface area contributed by atoms with Crippen LogP contribution >= 0.6 is 0 Å². The van der Waals surface area contributed by atoms with Crippen molar-refractivity contribution >= 4 is 26.9 Å². The first kappa shape index (κ1) is 18.5. The summed E-state index contributed by atoms with van der Waals surface area (Å²) in [7, 11) is -2.72. The van der Waals surface area contributed by atoms with Gasteiger partial charge in [0.25, 0.3) is 5.56 Å². The molecule has 0 spiro atoms. The molecular formula is C16H14N4O6S. The molecule has 0 radical (unpaired) electrons. The van der Waals surface area contributed by atoms with E-state index in [-0.39, 0.29) is 16.2 Å². The Morgan fingerprint density at radius 1 is 1.22 bits per heavy atom. The smallest absolute Gasteiger partial charge is 0.343 e. The quantitative estimate of drug-likeness (QED) is 0.611. The highest BCUT2D eigenvalue weighted by Crippen LogP contribution is 2.22. The first-order valence-electron chi connectivity index (χ1n) is 7.52. The Morgan fingerprint density at radius 3 is 2.67 bits per heavy atom. The zero-order valence-electron chi connectivity index (χ0n) is 14.0. The second-order valence-electron chi connectivity index (χ2n) is 5.38. The van der Waals surface area contributed by atoms with Crippen molar-refractivity contribution in [3.63, 3.8) is 0 Å². The van der Waals surface area contributed by atoms with Gasteiger partial charge in [0.1, 0.15) is 16.8 Å². The van der Waals surface area contributed by atoms with E-state index in [9.17, 15) is 18.0 Å². The van der Waals surface area contributed by atoms with Gasteiger partial charge in [-0.15, -0.1) is 5.10 Å². The number of nitrogens with zero attached hydrogens (tertiary/aromatic N) is 3. The number of esters is 1. The largest absolute Gasteiger partial charge is 0.496 e. The van der Waals surface area contributed by atoms with E-state index in [4.69, 9.17) is 14.6 Å². The van der Waals surface area contributed by atoms with Crippen molar-refractivity contribution in [2.24, 2.45) is 5.14 Å². The molecule has 0 bridgehead atoms. The van der Waals surface area contributed by atoms with Crippen molar-refractivity contribution in [3.8, 4) is 5.75 Å². The summed E-state index contributed by atoms with van der Waals surface area (Å²) < 4.78 is 33.9. The molecule has 0 amide bonds. The summed E-state index contributed by atoms with van der Waals surface area (Å²) in [6, 6.07) is 10.1. The van der Waals surface area contributed by atoms with E-state index in [1.54, 1.807) is 24.3 Å². The zero-order chi connectivity index (χ0) is 19.6. The number of nitrogens with two attached hydrogens (primary N) is 1. The molecule has 11 heteroatoms. The van der Waals surface area contributed by atoms with E-state index in [0.29, 0.717) is 10.9 Å². The lowest BCUT2D eigenvalue weighted by atomic mass is 10.2. The fourth-order valence-electron chi connectivity index (χ4n) is 2.33. The number of aromatic nitrogens is 3. The van der Waals surface area contributed by atoms with Crippen molar-refractivity contribution in [2.75, 3.05) is 7.11 Å². The zero-order valence-corrected chi connectivity index (χ0v) is 14.8. The van der Waals surface area contributed by atoms with Gasteiger partial charge in [-0.1, -0.05) is 17.3 Å². The minimum atomic E-state index is -4.02. The highest BCUT2D eigenvalue weighted by molar-refractivity contribution is 7.89. The third kappa shape index (κ3) is 3.78. The average Bonchev–Trinajstić information content (AvgIpc) is 2.66. The van der Waals surface area contributed by atoms with Gasteiger partial charge in [-0.3, -0.25) is 4.79 Å². The van der Waals surface area contributed by atoms with Crippen LogP contribution in [0.1, 0.15) is 10.4 Å². The molecule has 0 unspecified atom stereocenters. The van der Waals surface area contributed by atoms with Crippen molar-refractivity contribution in [2.45, 2.75) is 11.6 Å². The predicted molar refractivity (Wildman–Crippen MR) is 93.6 cm³/mol. The number of sulfonamides is 1. The molecule has 10 nitrogen and oxygen atoms in total. The first-order chi connectivity index (χ1) is 12.8. The Balaban J connectivity index is 1.88. The van der Waals surface area contributed by atoms with E-state index < -0.39 is 28.3 Å². The molecule has 1 heterocycles. The van der Waals surface area contributed by atoms with E-state index >= 15 is 0 Å². The van der Waals surface area contributed by atoms with Crippen molar-refractivity contribution < 1.29 is 22.7 Å². The molecular weight excluding hydrogens is 376 g/mol. The summed E-state index contributed by atoms with van der Waals surface area (Å²) in [4.78, 5) is 24.4. The Hall–Kier alpha value is -3.31. The SMILES string of the molecule is COc1ccc(S(N)(=O)=O)cc1C(=O)OCn1nnc2ccccc2c1=O. The van der Waals surface area contributed by atoms with Gasteiger partial charge in [-0.25, -0.2) is 18.4 Å². The lowest BCUT2D eigenvalue weighted by molar-refractivity contribution is 0.0332. The number of hydrogen-bond acceptors (Lipinski definition) is 8. The Labute approximate surface area is 153 Å². The number of rotatable bonds is 5. The summed E-state index contributed by atoms with van der Waals surface area (Å²) in [6.45, 7) is -0.516. The van der Waals surface area contributed by atoms with Crippen LogP contribution in [0.2, 0.25) is 0 Å². The second kappa shape index (κ2) is 7.13. The fourth-order valence-corrected chi connectivity index (χ4v) is 2.87. The van der Waals surface area contributed by atoms with E-state index in [2.05, 4.69) is 10.3 Å². The molecule has 0 saturated carbocycles. The van der Waals surface area contributed by atoms with Crippen LogP contribution in [0.15, 0.2) is 52.2 Å². The standard InChI is InChI=1S/C16H14N4O6S/c1-25-14-7-6-10(27(17,23)24)8-12(14)16(22)26-9-20-15(21)11-4-2-3-5-13(11)18-19-20/h2-8H,9H2,1H3,(H2,17,23,24). The Kier molecular flexibility index (Phi) is 4.88. The molecule has 0 aliphatic carbocycles. The minimum Gasteiger partial charge on any atom is -0.496 e. The predicted octanol–water partition coefficient (Wildman–Crippen LogP) is 0.262. The van der Waals surface area contributed by atoms with Crippen LogP contribution in [0.5, 0.6) is 5.75 Å². The third-order valence-corrected chi connectivity index (χ3v) is 4.58. The van der Waals surface area contributed by atoms with Crippen LogP contribution in [0, 0.1) is 0 Å². The fraction of sp³-hybridized carbons (Fsp3) is 0.125. The number of ether oxygens (including phenoxy) is 2. The number of fused-ring (bicyclic) bond motifs is 1. The number of benzene rings is 2. The molecule has 0 aliphatic heterocycles. The van der Waals surface area contributed by atoms with Crippen LogP contribution in [-0.4, -0.2) is 36.5 Å². The van der Waals surface area contributed by atoms with Crippen LogP contribution in [0.4, 0.5) is 0 Å². The molecule has 1 aromatic heterocycles. The van der Waals surface area contributed by atoms with E-state index in [1.807, 2.05) is 0 Å². The third-order valence-electron chi connectivity index (χ3n) is 3.67. The van der Waals surface area contributed by atoms with Gasteiger partial charge in [0.2, 0.25) is 10.0 Å². The number of methoxy groups -OCH3 is 1. The first-order valence-corrected chi connectivity index (χ1v) is 9.06. The Bertz CT molecular complexity index is 1190. The van der Waals surface area contributed by atoms with Crippen molar-refractivity contribution in [1.82, 2.24) is 15.0 Å². The summed E-state index contributed by atoms with van der Waals surface area (Å²) in [5.41, 5.74) is -0.239. The van der Waals surface area contributed by atoms with Gasteiger partial charge in [-0.2, -0.15) is 4.68 Å². The van der Waals surface area contributed by atoms with Crippen molar-refractivity contribution in [1.29, 1.82) is 0 Å². The van der Waals surface area contributed by atoms with Gasteiger partial charge >= 0.3 is 5.97 Å². The summed E-state index contributed by atoms with van der Waals surface area (Å²) in [6.07, 6.45) is 0. The van der Waals surface area contributed by atoms with Crippen LogP contribution in [0.25, 0.3) is 10.9 Å². The maximum Gasteiger partial charge on any atom is 0.343 e. The van der Waals surface area contributed by atoms with Crippen LogP contribution in [0.3, 0.4) is 0 Å². The second-order valence-corrected chi connectivity index (χ2v) is 6.94.